The van der Waals surface area contributed by atoms with Crippen LogP contribution in [0.25, 0.3) is 0 Å². The molecule has 0 radical (unpaired) electrons. The zero-order valence-corrected chi connectivity index (χ0v) is 7.78. The molecule has 0 aliphatic rings. The first-order valence-corrected chi connectivity index (χ1v) is 4.13. The largest absolute Gasteiger partial charge is 0.481 e. The van der Waals surface area contributed by atoms with Crippen molar-refractivity contribution in [2.24, 2.45) is 5.73 Å². The number of primary amides is 1. The van der Waals surface area contributed by atoms with Gasteiger partial charge in [-0.25, -0.2) is 0 Å². The van der Waals surface area contributed by atoms with Crippen LogP contribution in [0, 0.1) is 6.92 Å². The maximum absolute atomic E-state index is 10.7. The number of aryl methyl sites for hydroxylation is 1. The van der Waals surface area contributed by atoms with Gasteiger partial charge >= 0.3 is 0 Å². The lowest BCUT2D eigenvalue weighted by atomic mass is 10.2. The van der Waals surface area contributed by atoms with E-state index in [1.807, 2.05) is 31.2 Å². The average Bonchev–Trinajstić information content (AvgIpc) is 2.08. The molecule has 1 aromatic carbocycles. The van der Waals surface area contributed by atoms with Gasteiger partial charge in [0.15, 0.2) is 6.10 Å². The highest BCUT2D eigenvalue weighted by atomic mass is 16.5. The second-order valence-electron chi connectivity index (χ2n) is 2.93. The van der Waals surface area contributed by atoms with Crippen molar-refractivity contribution in [2.75, 3.05) is 0 Å². The van der Waals surface area contributed by atoms with Crippen molar-refractivity contribution in [3.63, 3.8) is 0 Å². The summed E-state index contributed by atoms with van der Waals surface area (Å²) in [6.45, 7) is 3.55. The number of hydrogen-bond acceptors (Lipinski definition) is 2. The van der Waals surface area contributed by atoms with Crippen molar-refractivity contribution < 1.29 is 9.53 Å². The van der Waals surface area contributed by atoms with E-state index in [0.29, 0.717) is 5.75 Å². The Morgan fingerprint density at radius 1 is 1.46 bits per heavy atom. The summed E-state index contributed by atoms with van der Waals surface area (Å²) in [4.78, 5) is 10.7. The molecule has 3 nitrogen and oxygen atoms in total. The molecule has 0 saturated heterocycles. The third kappa shape index (κ3) is 2.47. The van der Waals surface area contributed by atoms with Gasteiger partial charge in [-0.1, -0.05) is 18.2 Å². The highest BCUT2D eigenvalue weighted by Gasteiger charge is 2.10. The number of carbonyl (C=O) groups excluding carboxylic acids is 1. The summed E-state index contributed by atoms with van der Waals surface area (Å²) < 4.78 is 5.33. The van der Waals surface area contributed by atoms with Gasteiger partial charge in [-0.05, 0) is 25.5 Å². The number of rotatable bonds is 3. The van der Waals surface area contributed by atoms with Gasteiger partial charge in [-0.3, -0.25) is 4.79 Å². The van der Waals surface area contributed by atoms with Crippen LogP contribution in [0.5, 0.6) is 5.75 Å². The summed E-state index contributed by atoms with van der Waals surface area (Å²) in [7, 11) is 0. The van der Waals surface area contributed by atoms with Gasteiger partial charge in [-0.15, -0.1) is 0 Å². The van der Waals surface area contributed by atoms with Gasteiger partial charge in [0, 0.05) is 0 Å². The molecule has 0 unspecified atom stereocenters. The first kappa shape index (κ1) is 9.58. The van der Waals surface area contributed by atoms with Crippen molar-refractivity contribution in [3.05, 3.63) is 29.8 Å². The highest BCUT2D eigenvalue weighted by molar-refractivity contribution is 5.78. The SMILES string of the molecule is Cc1ccccc1O[C@@H](C)C(N)=O. The Morgan fingerprint density at radius 2 is 2.08 bits per heavy atom. The lowest BCUT2D eigenvalue weighted by molar-refractivity contribution is -0.123. The molecule has 0 aromatic heterocycles. The van der Waals surface area contributed by atoms with Crippen molar-refractivity contribution in [3.8, 4) is 5.75 Å². The van der Waals surface area contributed by atoms with E-state index in [2.05, 4.69) is 0 Å². The molecule has 3 heteroatoms. The average molecular weight is 179 g/mol. The minimum absolute atomic E-state index is 0.455. The minimum Gasteiger partial charge on any atom is -0.481 e. The minimum atomic E-state index is -0.582. The lowest BCUT2D eigenvalue weighted by Gasteiger charge is -2.12. The summed E-state index contributed by atoms with van der Waals surface area (Å²) in [5, 5.41) is 0. The normalized spacial score (nSPS) is 12.2. The maximum atomic E-state index is 10.7. The van der Waals surface area contributed by atoms with Crippen LogP contribution in [0.2, 0.25) is 0 Å². The number of amides is 1. The number of nitrogens with two attached hydrogens (primary N) is 1. The zero-order valence-electron chi connectivity index (χ0n) is 7.78. The van der Waals surface area contributed by atoms with E-state index in [-0.39, 0.29) is 0 Å². The molecule has 0 bridgehead atoms. The Balaban J connectivity index is 2.74. The number of benzene rings is 1. The summed E-state index contributed by atoms with van der Waals surface area (Å²) in [5.41, 5.74) is 6.07. The van der Waals surface area contributed by atoms with E-state index in [9.17, 15) is 4.79 Å². The molecule has 1 rings (SSSR count). The van der Waals surface area contributed by atoms with Gasteiger partial charge in [-0.2, -0.15) is 0 Å². The van der Waals surface area contributed by atoms with Gasteiger partial charge < -0.3 is 10.5 Å². The Morgan fingerprint density at radius 3 is 2.62 bits per heavy atom. The smallest absolute Gasteiger partial charge is 0.258 e. The first-order valence-electron chi connectivity index (χ1n) is 4.13. The monoisotopic (exact) mass is 179 g/mol. The van der Waals surface area contributed by atoms with E-state index in [0.717, 1.165) is 5.56 Å². The predicted molar refractivity (Wildman–Crippen MR) is 50.5 cm³/mol. The molecule has 0 aliphatic heterocycles. The lowest BCUT2D eigenvalue weighted by Crippen LogP contribution is -2.30. The molecule has 13 heavy (non-hydrogen) atoms. The standard InChI is InChI=1S/C10H13NO2/c1-7-5-3-4-6-9(7)13-8(2)10(11)12/h3-6,8H,1-2H3,(H2,11,12)/t8-/m0/s1. The quantitative estimate of drug-likeness (QED) is 0.759. The Kier molecular flexibility index (Phi) is 2.90. The molecule has 1 aromatic rings. The van der Waals surface area contributed by atoms with Crippen LogP contribution >= 0.6 is 0 Å². The second-order valence-corrected chi connectivity index (χ2v) is 2.93. The van der Waals surface area contributed by atoms with Crippen LogP contribution in [-0.4, -0.2) is 12.0 Å². The Labute approximate surface area is 77.5 Å². The van der Waals surface area contributed by atoms with Gasteiger partial charge in [0.1, 0.15) is 5.75 Å². The third-order valence-corrected chi connectivity index (χ3v) is 1.80. The second kappa shape index (κ2) is 3.94. The van der Waals surface area contributed by atoms with Crippen molar-refractivity contribution in [1.29, 1.82) is 0 Å². The summed E-state index contributed by atoms with van der Waals surface area (Å²) in [6.07, 6.45) is -0.582. The molecule has 1 amide bonds. The fourth-order valence-electron chi connectivity index (χ4n) is 0.937. The van der Waals surface area contributed by atoms with Crippen LogP contribution in [-0.2, 0) is 4.79 Å². The van der Waals surface area contributed by atoms with Gasteiger partial charge in [0.2, 0.25) is 0 Å². The Hall–Kier alpha value is -1.51. The zero-order chi connectivity index (χ0) is 9.84. The van der Waals surface area contributed by atoms with Crippen LogP contribution in [0.15, 0.2) is 24.3 Å². The maximum Gasteiger partial charge on any atom is 0.258 e. The van der Waals surface area contributed by atoms with E-state index in [1.54, 1.807) is 6.92 Å². The summed E-state index contributed by atoms with van der Waals surface area (Å²) >= 11 is 0. The highest BCUT2D eigenvalue weighted by Crippen LogP contribution is 2.17. The van der Waals surface area contributed by atoms with E-state index in [4.69, 9.17) is 10.5 Å². The molecular weight excluding hydrogens is 166 g/mol. The van der Waals surface area contributed by atoms with Crippen molar-refractivity contribution in [2.45, 2.75) is 20.0 Å². The number of ether oxygens (including phenoxy) is 1. The first-order chi connectivity index (χ1) is 6.11. The Bertz CT molecular complexity index is 310. The molecule has 70 valence electrons. The number of para-hydroxylation sites is 1. The fourth-order valence-corrected chi connectivity index (χ4v) is 0.937. The van der Waals surface area contributed by atoms with Crippen LogP contribution in [0.4, 0.5) is 0 Å². The molecular formula is C10H13NO2. The van der Waals surface area contributed by atoms with Crippen LogP contribution in [0.1, 0.15) is 12.5 Å². The third-order valence-electron chi connectivity index (χ3n) is 1.80. The van der Waals surface area contributed by atoms with E-state index >= 15 is 0 Å². The molecule has 0 saturated carbocycles. The fraction of sp³-hybridized carbons (Fsp3) is 0.300. The molecule has 2 N–H and O–H groups in total. The van der Waals surface area contributed by atoms with Crippen molar-refractivity contribution >= 4 is 5.91 Å². The van der Waals surface area contributed by atoms with Gasteiger partial charge in [0.05, 0.1) is 0 Å². The van der Waals surface area contributed by atoms with Crippen molar-refractivity contribution in [1.82, 2.24) is 0 Å². The number of hydrogen-bond donors (Lipinski definition) is 1. The number of carbonyl (C=O) groups is 1. The van der Waals surface area contributed by atoms with E-state index in [1.165, 1.54) is 0 Å². The summed E-state index contributed by atoms with van der Waals surface area (Å²) in [5.74, 6) is 0.247. The topological polar surface area (TPSA) is 52.3 Å². The van der Waals surface area contributed by atoms with Crippen LogP contribution < -0.4 is 10.5 Å². The molecule has 0 heterocycles. The van der Waals surface area contributed by atoms with Gasteiger partial charge in [0.25, 0.3) is 5.91 Å². The van der Waals surface area contributed by atoms with E-state index < -0.39 is 12.0 Å². The van der Waals surface area contributed by atoms with Crippen LogP contribution in [0.3, 0.4) is 0 Å². The molecule has 0 fully saturated rings. The summed E-state index contributed by atoms with van der Waals surface area (Å²) in [6, 6.07) is 7.50. The molecule has 1 atom stereocenters. The molecule has 0 spiro atoms. The molecule has 0 aliphatic carbocycles. The predicted octanol–water partition coefficient (Wildman–Crippen LogP) is 1.25.